The molecule has 0 saturated heterocycles. The van der Waals surface area contributed by atoms with Crippen LogP contribution in [-0.4, -0.2) is 29.5 Å². The van der Waals surface area contributed by atoms with Gasteiger partial charge in [0.15, 0.2) is 0 Å². The van der Waals surface area contributed by atoms with E-state index in [0.29, 0.717) is 23.2 Å². The van der Waals surface area contributed by atoms with Gasteiger partial charge in [0.2, 0.25) is 0 Å². The Kier molecular flexibility index (Phi) is 5.92. The van der Waals surface area contributed by atoms with Crippen LogP contribution in [0, 0.1) is 23.2 Å². The van der Waals surface area contributed by atoms with E-state index in [1.807, 2.05) is 0 Å². The van der Waals surface area contributed by atoms with E-state index in [9.17, 15) is 0 Å². The summed E-state index contributed by atoms with van der Waals surface area (Å²) in [5.41, 5.74) is 0.351. The molecule has 0 fully saturated rings. The molecule has 0 saturated carbocycles. The first-order chi connectivity index (χ1) is 5.89. The summed E-state index contributed by atoms with van der Waals surface area (Å²) in [5, 5.41) is 0. The van der Waals surface area contributed by atoms with Gasteiger partial charge in [-0.25, -0.2) is 0 Å². The van der Waals surface area contributed by atoms with E-state index < -0.39 is 0 Å². The van der Waals surface area contributed by atoms with Crippen LogP contribution in [0.2, 0.25) is 0 Å². The molecule has 0 aromatic carbocycles. The second kappa shape index (κ2) is 5.59. The molecule has 2 heteroatoms. The molecule has 0 N–H and O–H groups in total. The summed E-state index contributed by atoms with van der Waals surface area (Å²) in [6.45, 7) is 14.8. The van der Waals surface area contributed by atoms with Crippen molar-refractivity contribution in [1.82, 2.24) is 0 Å². The zero-order valence-corrected chi connectivity index (χ0v) is 12.7. The fourth-order valence-corrected chi connectivity index (χ4v) is 3.34. The van der Waals surface area contributed by atoms with Crippen LogP contribution in [-0.2, 0) is 3.07 Å². The first kappa shape index (κ1) is 13.8. The first-order valence-electron chi connectivity index (χ1n) is 5.18. The van der Waals surface area contributed by atoms with Crippen molar-refractivity contribution in [3.05, 3.63) is 0 Å². The van der Waals surface area contributed by atoms with Crippen molar-refractivity contribution in [2.45, 2.75) is 41.5 Å². The molecule has 0 rings (SSSR count). The molecule has 13 heavy (non-hydrogen) atoms. The Hall–Kier alpha value is 0.759. The van der Waals surface area contributed by atoms with E-state index >= 15 is 0 Å². The fraction of sp³-hybridized carbons (Fsp3) is 1.00. The Morgan fingerprint density at radius 3 is 1.31 bits per heavy atom. The van der Waals surface area contributed by atoms with E-state index in [2.05, 4.69) is 41.5 Å². The topological polar surface area (TPSA) is 9.23 Å². The summed E-state index contributed by atoms with van der Waals surface area (Å²) in [5.74, 6) is 2.06. The zero-order valence-electron chi connectivity index (χ0n) is 9.85. The molecule has 0 bridgehead atoms. The van der Waals surface area contributed by atoms with Crippen LogP contribution < -0.4 is 0 Å². The first-order valence-corrected chi connectivity index (χ1v) is 6.34. The van der Waals surface area contributed by atoms with Gasteiger partial charge in [0.1, 0.15) is 0 Å². The monoisotopic (exact) mass is 291 g/mol. The van der Waals surface area contributed by atoms with Crippen LogP contribution in [0.3, 0.4) is 0 Å². The average Bonchev–Trinajstić information content (AvgIpc) is 1.97. The molecular formula is C11H23OSn. The van der Waals surface area contributed by atoms with Crippen LogP contribution >= 0.6 is 0 Å². The normalized spacial score (nSPS) is 13.4. The minimum atomic E-state index is 0.351. The summed E-state index contributed by atoms with van der Waals surface area (Å²) in [4.78, 5) is 0. The third-order valence-corrected chi connectivity index (χ3v) is 3.96. The Morgan fingerprint density at radius 2 is 1.23 bits per heavy atom. The van der Waals surface area contributed by atoms with Gasteiger partial charge in [0, 0.05) is 0 Å². The Morgan fingerprint density at radius 1 is 0.923 bits per heavy atom. The van der Waals surface area contributed by atoms with Crippen molar-refractivity contribution in [3.63, 3.8) is 0 Å². The molecule has 3 radical (unpaired) electrons. The van der Waals surface area contributed by atoms with Gasteiger partial charge in [-0.05, 0) is 0 Å². The Balaban J connectivity index is 4.82. The molecule has 0 aliphatic heterocycles. The van der Waals surface area contributed by atoms with Gasteiger partial charge >= 0.3 is 97.3 Å². The minimum absolute atomic E-state index is 0.351. The van der Waals surface area contributed by atoms with Crippen molar-refractivity contribution in [2.24, 2.45) is 23.2 Å². The molecule has 0 aromatic heterocycles. The SMILES string of the molecule is CC(C)C(C[O][Sn])(C(C)C)C(C)C. The molecule has 0 aromatic rings. The van der Waals surface area contributed by atoms with E-state index in [0.717, 1.165) is 6.61 Å². The maximum absolute atomic E-state index is 5.48. The molecule has 0 heterocycles. The van der Waals surface area contributed by atoms with Crippen LogP contribution in [0.5, 0.6) is 0 Å². The third kappa shape index (κ3) is 2.85. The molecule has 0 unspecified atom stereocenters. The second-order valence-electron chi connectivity index (χ2n) is 4.87. The summed E-state index contributed by atoms with van der Waals surface area (Å²) >= 11 is 1.19. The van der Waals surface area contributed by atoms with E-state index in [1.165, 1.54) is 22.9 Å². The van der Waals surface area contributed by atoms with Crippen molar-refractivity contribution in [1.29, 1.82) is 0 Å². The van der Waals surface area contributed by atoms with Gasteiger partial charge in [-0.15, -0.1) is 0 Å². The average molecular weight is 290 g/mol. The summed E-state index contributed by atoms with van der Waals surface area (Å²) < 4.78 is 5.48. The molecule has 77 valence electrons. The van der Waals surface area contributed by atoms with Gasteiger partial charge in [-0.1, -0.05) is 0 Å². The quantitative estimate of drug-likeness (QED) is 0.707. The van der Waals surface area contributed by atoms with E-state index in [-0.39, 0.29) is 0 Å². The maximum atomic E-state index is 5.48. The van der Waals surface area contributed by atoms with Gasteiger partial charge in [-0.3, -0.25) is 0 Å². The summed E-state index contributed by atoms with van der Waals surface area (Å²) in [7, 11) is 0. The van der Waals surface area contributed by atoms with Crippen LogP contribution in [0.15, 0.2) is 0 Å². The number of hydrogen-bond acceptors (Lipinski definition) is 1. The predicted octanol–water partition coefficient (Wildman–Crippen LogP) is 3.04. The summed E-state index contributed by atoms with van der Waals surface area (Å²) in [6.07, 6.45) is 0. The standard InChI is InChI=1S/C11H23O.Sn/c1-8(2)11(7-12,9(3)4)10(5)6;/h8-10H,7H2,1-6H3;/q-1;+1. The van der Waals surface area contributed by atoms with Crippen LogP contribution in [0.25, 0.3) is 0 Å². The zero-order chi connectivity index (χ0) is 10.6. The van der Waals surface area contributed by atoms with Crippen molar-refractivity contribution in [3.8, 4) is 0 Å². The Bertz CT molecular complexity index is 119. The van der Waals surface area contributed by atoms with Crippen LogP contribution in [0.4, 0.5) is 0 Å². The van der Waals surface area contributed by atoms with E-state index in [1.54, 1.807) is 0 Å². The van der Waals surface area contributed by atoms with Crippen molar-refractivity contribution >= 4 is 22.9 Å². The van der Waals surface area contributed by atoms with E-state index in [4.69, 9.17) is 3.07 Å². The molecular weight excluding hydrogens is 267 g/mol. The number of hydrogen-bond donors (Lipinski definition) is 0. The molecule has 0 spiro atoms. The molecule has 0 amide bonds. The van der Waals surface area contributed by atoms with Gasteiger partial charge in [-0.2, -0.15) is 0 Å². The fourth-order valence-electron chi connectivity index (χ4n) is 2.62. The van der Waals surface area contributed by atoms with Gasteiger partial charge < -0.3 is 0 Å². The molecule has 0 aliphatic rings. The third-order valence-electron chi connectivity index (χ3n) is 3.55. The summed E-state index contributed by atoms with van der Waals surface area (Å²) in [6, 6.07) is 0. The van der Waals surface area contributed by atoms with Crippen molar-refractivity contribution in [2.75, 3.05) is 6.61 Å². The molecule has 1 nitrogen and oxygen atoms in total. The van der Waals surface area contributed by atoms with Crippen molar-refractivity contribution < 1.29 is 3.07 Å². The predicted molar refractivity (Wildman–Crippen MR) is 58.7 cm³/mol. The van der Waals surface area contributed by atoms with Gasteiger partial charge in [0.05, 0.1) is 0 Å². The van der Waals surface area contributed by atoms with Crippen LogP contribution in [0.1, 0.15) is 41.5 Å². The van der Waals surface area contributed by atoms with Gasteiger partial charge in [0.25, 0.3) is 0 Å². The molecule has 0 atom stereocenters. The number of rotatable bonds is 5. The molecule has 0 aliphatic carbocycles. The second-order valence-corrected chi connectivity index (χ2v) is 5.69. The Labute approximate surface area is 97.3 Å².